The Hall–Kier alpha value is -2.28. The molecule has 25 heavy (non-hydrogen) atoms. The molecule has 7 nitrogen and oxygen atoms in total. The van der Waals surface area contributed by atoms with Crippen LogP contribution in [0.4, 0.5) is 4.79 Å². The highest BCUT2D eigenvalue weighted by Crippen LogP contribution is 2.15. The fraction of sp³-hybridized carbons (Fsp3) is 0.556. The number of benzene rings is 1. The number of urea groups is 1. The first-order valence-corrected chi connectivity index (χ1v) is 8.59. The normalized spacial score (nSPS) is 20.8. The first-order chi connectivity index (χ1) is 11.9. The molecule has 138 valence electrons. The number of rotatable bonds is 4. The van der Waals surface area contributed by atoms with Crippen molar-refractivity contribution in [3.63, 3.8) is 0 Å². The lowest BCUT2D eigenvalue weighted by molar-refractivity contribution is 0.0808. The van der Waals surface area contributed by atoms with Gasteiger partial charge in [0.15, 0.2) is 0 Å². The number of likely N-dealkylation sites (tertiary alicyclic amines) is 1. The van der Waals surface area contributed by atoms with E-state index in [2.05, 4.69) is 10.6 Å². The largest absolute Gasteiger partial charge is 0.497 e. The average Bonchev–Trinajstić information content (AvgIpc) is 2.76. The van der Waals surface area contributed by atoms with Crippen molar-refractivity contribution >= 4 is 11.9 Å². The molecular formula is C18H27N3O4. The highest BCUT2D eigenvalue weighted by Gasteiger charge is 2.29. The second-order valence-corrected chi connectivity index (χ2v) is 6.57. The molecule has 2 atom stereocenters. The van der Waals surface area contributed by atoms with Gasteiger partial charge in [-0.2, -0.15) is 0 Å². The maximum atomic E-state index is 12.4. The van der Waals surface area contributed by atoms with E-state index in [0.29, 0.717) is 30.7 Å². The summed E-state index contributed by atoms with van der Waals surface area (Å²) in [5.41, 5.74) is 0.482. The van der Waals surface area contributed by atoms with Gasteiger partial charge in [-0.15, -0.1) is 0 Å². The summed E-state index contributed by atoms with van der Waals surface area (Å²) in [5.74, 6) is 0.389. The van der Waals surface area contributed by atoms with E-state index >= 15 is 0 Å². The Morgan fingerprint density at radius 1 is 1.28 bits per heavy atom. The van der Waals surface area contributed by atoms with Gasteiger partial charge in [-0.05, 0) is 51.0 Å². The van der Waals surface area contributed by atoms with Crippen LogP contribution in [0.5, 0.6) is 5.75 Å². The molecule has 7 heteroatoms. The summed E-state index contributed by atoms with van der Waals surface area (Å²) in [5, 5.41) is 16.0. The number of hydrogen-bond donors (Lipinski definition) is 3. The third kappa shape index (κ3) is 5.35. The minimum atomic E-state index is -0.681. The second kappa shape index (κ2) is 8.71. The predicted molar refractivity (Wildman–Crippen MR) is 94.7 cm³/mol. The van der Waals surface area contributed by atoms with Crippen molar-refractivity contribution in [2.75, 3.05) is 20.2 Å². The molecule has 1 aromatic carbocycles. The molecule has 3 amide bonds. The van der Waals surface area contributed by atoms with Gasteiger partial charge in [-0.1, -0.05) is 0 Å². The number of ether oxygens (including phenoxy) is 1. The molecule has 1 fully saturated rings. The number of carbonyl (C=O) groups excluding carboxylic acids is 2. The maximum absolute atomic E-state index is 12.4. The number of carbonyl (C=O) groups is 2. The van der Waals surface area contributed by atoms with Crippen LogP contribution in [0.3, 0.4) is 0 Å². The Labute approximate surface area is 148 Å². The van der Waals surface area contributed by atoms with Gasteiger partial charge in [-0.3, -0.25) is 4.79 Å². The van der Waals surface area contributed by atoms with Crippen molar-refractivity contribution in [1.82, 2.24) is 15.5 Å². The fourth-order valence-electron chi connectivity index (χ4n) is 2.80. The Morgan fingerprint density at radius 3 is 2.56 bits per heavy atom. The van der Waals surface area contributed by atoms with Crippen molar-refractivity contribution in [3.05, 3.63) is 29.8 Å². The summed E-state index contributed by atoms with van der Waals surface area (Å²) in [6, 6.07) is 6.11. The number of aliphatic hydroxyl groups is 1. The second-order valence-electron chi connectivity index (χ2n) is 6.57. The van der Waals surface area contributed by atoms with Gasteiger partial charge in [0.2, 0.25) is 0 Å². The van der Waals surface area contributed by atoms with Gasteiger partial charge >= 0.3 is 6.03 Å². The van der Waals surface area contributed by atoms with E-state index in [1.165, 1.54) is 0 Å². The molecule has 0 radical (unpaired) electrons. The highest BCUT2D eigenvalue weighted by atomic mass is 16.5. The Morgan fingerprint density at radius 2 is 1.96 bits per heavy atom. The molecule has 0 aliphatic carbocycles. The Balaban J connectivity index is 2.03. The SMILES string of the molecule is COc1ccc(C(=O)NC2CN(C(=O)NC(C)C)CCCC2O)cc1. The van der Waals surface area contributed by atoms with E-state index in [-0.39, 0.29) is 24.5 Å². The predicted octanol–water partition coefficient (Wildman–Crippen LogP) is 1.37. The molecule has 0 spiro atoms. The average molecular weight is 349 g/mol. The van der Waals surface area contributed by atoms with Gasteiger partial charge in [-0.25, -0.2) is 4.79 Å². The lowest BCUT2D eigenvalue weighted by Crippen LogP contribution is -2.52. The minimum Gasteiger partial charge on any atom is -0.497 e. The number of amides is 3. The summed E-state index contributed by atoms with van der Waals surface area (Å²) in [4.78, 5) is 26.3. The van der Waals surface area contributed by atoms with E-state index in [1.807, 2.05) is 13.8 Å². The quantitative estimate of drug-likeness (QED) is 0.766. The number of hydrogen-bond acceptors (Lipinski definition) is 4. The van der Waals surface area contributed by atoms with Crippen molar-refractivity contribution in [1.29, 1.82) is 0 Å². The Bertz CT molecular complexity index is 588. The molecular weight excluding hydrogens is 322 g/mol. The van der Waals surface area contributed by atoms with E-state index in [9.17, 15) is 14.7 Å². The molecule has 1 heterocycles. The smallest absolute Gasteiger partial charge is 0.317 e. The van der Waals surface area contributed by atoms with E-state index in [4.69, 9.17) is 4.74 Å². The summed E-state index contributed by atoms with van der Waals surface area (Å²) < 4.78 is 5.08. The van der Waals surface area contributed by atoms with Crippen LogP contribution in [0.15, 0.2) is 24.3 Å². The van der Waals surface area contributed by atoms with Crippen LogP contribution < -0.4 is 15.4 Å². The van der Waals surface area contributed by atoms with Crippen molar-refractivity contribution < 1.29 is 19.4 Å². The van der Waals surface area contributed by atoms with Gasteiger partial charge < -0.3 is 25.4 Å². The highest BCUT2D eigenvalue weighted by molar-refractivity contribution is 5.94. The van der Waals surface area contributed by atoms with Crippen LogP contribution in [-0.4, -0.2) is 60.3 Å². The van der Waals surface area contributed by atoms with Crippen LogP contribution in [0, 0.1) is 0 Å². The zero-order chi connectivity index (χ0) is 18.4. The molecule has 3 N–H and O–H groups in total. The van der Waals surface area contributed by atoms with Crippen LogP contribution in [0.25, 0.3) is 0 Å². The zero-order valence-electron chi connectivity index (χ0n) is 15.0. The van der Waals surface area contributed by atoms with Gasteiger partial charge in [0.1, 0.15) is 5.75 Å². The zero-order valence-corrected chi connectivity index (χ0v) is 15.0. The molecule has 1 aromatic rings. The molecule has 0 saturated carbocycles. The lowest BCUT2D eigenvalue weighted by Gasteiger charge is -2.28. The van der Waals surface area contributed by atoms with E-state index in [1.54, 1.807) is 36.3 Å². The van der Waals surface area contributed by atoms with Crippen molar-refractivity contribution in [2.24, 2.45) is 0 Å². The van der Waals surface area contributed by atoms with Gasteiger partial charge in [0, 0.05) is 24.7 Å². The number of aliphatic hydroxyl groups excluding tert-OH is 1. The third-order valence-electron chi connectivity index (χ3n) is 4.18. The first kappa shape index (κ1) is 19.1. The van der Waals surface area contributed by atoms with Gasteiger partial charge in [0.05, 0.1) is 19.3 Å². The molecule has 2 unspecified atom stereocenters. The molecule has 1 aliphatic rings. The minimum absolute atomic E-state index is 0.0352. The van der Waals surface area contributed by atoms with Crippen LogP contribution in [0.2, 0.25) is 0 Å². The standard InChI is InChI=1S/C18H27N3O4/c1-12(2)19-18(24)21-10-4-5-16(22)15(11-21)20-17(23)13-6-8-14(25-3)9-7-13/h6-9,12,15-16,22H,4-5,10-11H2,1-3H3,(H,19,24)(H,20,23). The molecule has 1 saturated heterocycles. The molecule has 2 rings (SSSR count). The third-order valence-corrected chi connectivity index (χ3v) is 4.18. The topological polar surface area (TPSA) is 90.9 Å². The summed E-state index contributed by atoms with van der Waals surface area (Å²) in [6.07, 6.45) is 0.555. The molecule has 0 bridgehead atoms. The number of nitrogens with zero attached hydrogens (tertiary/aromatic N) is 1. The molecule has 1 aliphatic heterocycles. The van der Waals surface area contributed by atoms with Crippen molar-refractivity contribution in [3.8, 4) is 5.75 Å². The molecule has 0 aromatic heterocycles. The Kier molecular flexibility index (Phi) is 6.64. The van der Waals surface area contributed by atoms with Crippen LogP contribution >= 0.6 is 0 Å². The maximum Gasteiger partial charge on any atom is 0.317 e. The summed E-state index contributed by atoms with van der Waals surface area (Å²) in [7, 11) is 1.56. The van der Waals surface area contributed by atoms with E-state index < -0.39 is 12.1 Å². The fourth-order valence-corrected chi connectivity index (χ4v) is 2.80. The number of methoxy groups -OCH3 is 1. The van der Waals surface area contributed by atoms with Gasteiger partial charge in [0.25, 0.3) is 5.91 Å². The summed E-state index contributed by atoms with van der Waals surface area (Å²) in [6.45, 7) is 4.63. The summed E-state index contributed by atoms with van der Waals surface area (Å²) >= 11 is 0. The van der Waals surface area contributed by atoms with Crippen molar-refractivity contribution in [2.45, 2.75) is 44.9 Å². The van der Waals surface area contributed by atoms with Crippen LogP contribution in [0.1, 0.15) is 37.0 Å². The monoisotopic (exact) mass is 349 g/mol. The number of nitrogens with one attached hydrogen (secondary N) is 2. The lowest BCUT2D eigenvalue weighted by atomic mass is 10.1. The van der Waals surface area contributed by atoms with Crippen LogP contribution in [-0.2, 0) is 0 Å². The first-order valence-electron chi connectivity index (χ1n) is 8.59. The van der Waals surface area contributed by atoms with E-state index in [0.717, 1.165) is 0 Å².